The third-order valence-corrected chi connectivity index (χ3v) is 6.50. The monoisotopic (exact) mass is 512 g/mol. The van der Waals surface area contributed by atoms with Gasteiger partial charge in [0.05, 0.1) is 29.0 Å². The number of nitrogens with zero attached hydrogens (tertiary/aromatic N) is 5. The van der Waals surface area contributed by atoms with Crippen molar-refractivity contribution in [1.82, 2.24) is 35.0 Å². The molecule has 0 saturated heterocycles. The number of carbonyl (C=O) groups excluding carboxylic acids is 1. The molecule has 0 aliphatic carbocycles. The summed E-state index contributed by atoms with van der Waals surface area (Å²) in [5.74, 6) is 0.725. The summed E-state index contributed by atoms with van der Waals surface area (Å²) in [5, 5.41) is 12.7. The van der Waals surface area contributed by atoms with Gasteiger partial charge in [-0.1, -0.05) is 37.3 Å². The Kier molecular flexibility index (Phi) is 7.36. The molecule has 1 atom stereocenters. The number of hydrogen-bond acceptors (Lipinski definition) is 8. The summed E-state index contributed by atoms with van der Waals surface area (Å²) in [6, 6.07) is 14.8. The Morgan fingerprint density at radius 2 is 1.92 bits per heavy atom. The molecule has 11 heteroatoms. The number of rotatable bonds is 10. The van der Waals surface area contributed by atoms with Crippen LogP contribution in [0.2, 0.25) is 0 Å². The lowest BCUT2D eigenvalue weighted by molar-refractivity contribution is -0.129. The standard InChI is InChI=1S/C27H28N8O3/c1-2-19(32-25-23-24(29-15-28-23)30-16-31-25)26-33-20-13-8-10-17(9-6-7-14-21(36)34-38)22(20)27(37)35(26)18-11-4-3-5-12-18/h3-5,8,10-13,15-16,19,38H,2,6-7,9,14H2,1H3,(H,34,36)(H2,28,29,30,31,32)/t19-/m0/s1. The van der Waals surface area contributed by atoms with Crippen LogP contribution in [0, 0.1) is 0 Å². The van der Waals surface area contributed by atoms with Crippen LogP contribution in [0.15, 0.2) is 66.0 Å². The smallest absolute Gasteiger partial charge is 0.266 e. The van der Waals surface area contributed by atoms with Gasteiger partial charge in [-0.3, -0.25) is 19.4 Å². The Morgan fingerprint density at radius 1 is 1.08 bits per heavy atom. The van der Waals surface area contributed by atoms with Gasteiger partial charge >= 0.3 is 0 Å². The highest BCUT2D eigenvalue weighted by Crippen LogP contribution is 2.27. The molecule has 38 heavy (non-hydrogen) atoms. The number of fused-ring (bicyclic) bond motifs is 2. The highest BCUT2D eigenvalue weighted by Gasteiger charge is 2.22. The molecular weight excluding hydrogens is 484 g/mol. The first kappa shape index (κ1) is 25.0. The summed E-state index contributed by atoms with van der Waals surface area (Å²) >= 11 is 0. The fraction of sp³-hybridized carbons (Fsp3) is 0.259. The molecule has 11 nitrogen and oxygen atoms in total. The highest BCUT2D eigenvalue weighted by atomic mass is 16.5. The number of aryl methyl sites for hydroxylation is 1. The molecule has 194 valence electrons. The maximum atomic E-state index is 14.2. The van der Waals surface area contributed by atoms with Crippen LogP contribution in [-0.4, -0.2) is 40.6 Å². The molecule has 3 aromatic heterocycles. The number of aromatic amines is 1. The van der Waals surface area contributed by atoms with Gasteiger partial charge in [0.2, 0.25) is 5.91 Å². The van der Waals surface area contributed by atoms with Crippen LogP contribution in [0.1, 0.15) is 50.0 Å². The molecule has 5 rings (SSSR count). The zero-order valence-corrected chi connectivity index (χ0v) is 20.9. The zero-order valence-electron chi connectivity index (χ0n) is 20.9. The topological polar surface area (TPSA) is 151 Å². The van der Waals surface area contributed by atoms with Gasteiger partial charge in [-0.15, -0.1) is 0 Å². The van der Waals surface area contributed by atoms with E-state index in [4.69, 9.17) is 10.2 Å². The largest absolute Gasteiger partial charge is 0.358 e. The molecule has 0 spiro atoms. The lowest BCUT2D eigenvalue weighted by Gasteiger charge is -2.22. The van der Waals surface area contributed by atoms with Crippen LogP contribution in [0.4, 0.5) is 5.82 Å². The second kappa shape index (κ2) is 11.2. The quantitative estimate of drug-likeness (QED) is 0.125. The van der Waals surface area contributed by atoms with E-state index in [1.54, 1.807) is 16.4 Å². The van der Waals surface area contributed by atoms with Gasteiger partial charge in [0.1, 0.15) is 17.7 Å². The van der Waals surface area contributed by atoms with E-state index in [-0.39, 0.29) is 18.0 Å². The van der Waals surface area contributed by atoms with E-state index in [2.05, 4.69) is 25.3 Å². The predicted molar refractivity (Wildman–Crippen MR) is 143 cm³/mol. The average molecular weight is 513 g/mol. The summed E-state index contributed by atoms with van der Waals surface area (Å²) in [5.41, 5.74) is 4.92. The van der Waals surface area contributed by atoms with E-state index < -0.39 is 5.91 Å². The number of para-hydroxylation sites is 1. The molecule has 0 fully saturated rings. The first-order valence-electron chi connectivity index (χ1n) is 12.5. The number of anilines is 1. The number of hydrogen-bond donors (Lipinski definition) is 4. The van der Waals surface area contributed by atoms with Crippen LogP contribution in [-0.2, 0) is 11.2 Å². The molecule has 0 unspecified atom stereocenters. The highest BCUT2D eigenvalue weighted by molar-refractivity contribution is 5.83. The van der Waals surface area contributed by atoms with Crippen molar-refractivity contribution in [2.75, 3.05) is 5.32 Å². The number of carbonyl (C=O) groups is 1. The van der Waals surface area contributed by atoms with Crippen molar-refractivity contribution in [3.8, 4) is 5.69 Å². The third-order valence-electron chi connectivity index (χ3n) is 6.50. The summed E-state index contributed by atoms with van der Waals surface area (Å²) < 4.78 is 1.66. The van der Waals surface area contributed by atoms with Crippen LogP contribution in [0.3, 0.4) is 0 Å². The van der Waals surface area contributed by atoms with E-state index in [0.29, 0.717) is 65.1 Å². The van der Waals surface area contributed by atoms with Gasteiger partial charge in [0.25, 0.3) is 5.56 Å². The average Bonchev–Trinajstić information content (AvgIpc) is 3.44. The Morgan fingerprint density at radius 3 is 2.71 bits per heavy atom. The zero-order chi connectivity index (χ0) is 26.5. The SMILES string of the molecule is CC[C@H](Nc1ncnc2nc[nH]c12)c1nc2cccc(CCCCC(=O)NO)c2c(=O)n1-c1ccccc1. The molecule has 4 N–H and O–H groups in total. The second-order valence-corrected chi connectivity index (χ2v) is 8.93. The first-order valence-corrected chi connectivity index (χ1v) is 12.5. The van der Waals surface area contributed by atoms with E-state index in [1.807, 2.05) is 55.5 Å². The van der Waals surface area contributed by atoms with E-state index in [1.165, 1.54) is 6.33 Å². The molecule has 2 aromatic carbocycles. The van der Waals surface area contributed by atoms with Crippen molar-refractivity contribution in [2.45, 2.75) is 45.1 Å². The normalized spacial score (nSPS) is 12.1. The van der Waals surface area contributed by atoms with Crippen LogP contribution in [0.25, 0.3) is 27.8 Å². The first-order chi connectivity index (χ1) is 18.6. The van der Waals surface area contributed by atoms with Crippen molar-refractivity contribution in [1.29, 1.82) is 0 Å². The molecular formula is C27H28N8O3. The van der Waals surface area contributed by atoms with Gasteiger partial charge in [0, 0.05) is 6.42 Å². The Balaban J connectivity index is 1.60. The summed E-state index contributed by atoms with van der Waals surface area (Å²) in [6.07, 6.45) is 5.75. The minimum Gasteiger partial charge on any atom is -0.358 e. The lowest BCUT2D eigenvalue weighted by atomic mass is 10.0. The Labute approximate surface area is 218 Å². The number of aromatic nitrogens is 6. The van der Waals surface area contributed by atoms with Crippen LogP contribution in [0.5, 0.6) is 0 Å². The number of nitrogens with one attached hydrogen (secondary N) is 3. The van der Waals surface area contributed by atoms with Crippen LogP contribution >= 0.6 is 0 Å². The fourth-order valence-corrected chi connectivity index (χ4v) is 4.63. The van der Waals surface area contributed by atoms with E-state index >= 15 is 0 Å². The number of amides is 1. The molecule has 5 aromatic rings. The lowest BCUT2D eigenvalue weighted by Crippen LogP contribution is -2.29. The van der Waals surface area contributed by atoms with Crippen molar-refractivity contribution in [3.63, 3.8) is 0 Å². The van der Waals surface area contributed by atoms with Crippen molar-refractivity contribution in [2.24, 2.45) is 0 Å². The summed E-state index contributed by atoms with van der Waals surface area (Å²) in [6.45, 7) is 2.02. The van der Waals surface area contributed by atoms with Gasteiger partial charge < -0.3 is 10.3 Å². The maximum absolute atomic E-state index is 14.2. The van der Waals surface area contributed by atoms with Gasteiger partial charge in [-0.25, -0.2) is 25.4 Å². The summed E-state index contributed by atoms with van der Waals surface area (Å²) in [7, 11) is 0. The number of hydroxylamine groups is 1. The number of benzene rings is 2. The van der Waals surface area contributed by atoms with Crippen LogP contribution < -0.4 is 16.4 Å². The summed E-state index contributed by atoms with van der Waals surface area (Å²) in [4.78, 5) is 46.4. The second-order valence-electron chi connectivity index (χ2n) is 8.93. The van der Waals surface area contributed by atoms with Crippen molar-refractivity contribution < 1.29 is 10.0 Å². The maximum Gasteiger partial charge on any atom is 0.266 e. The predicted octanol–water partition coefficient (Wildman–Crippen LogP) is 3.83. The molecule has 0 aliphatic rings. The molecule has 3 heterocycles. The van der Waals surface area contributed by atoms with Crippen molar-refractivity contribution in [3.05, 3.63) is 82.9 Å². The number of H-pyrrole nitrogens is 1. The minimum absolute atomic E-state index is 0.158. The molecule has 0 aliphatic heterocycles. The number of imidazole rings is 1. The Hall–Kier alpha value is -4.64. The van der Waals surface area contributed by atoms with Crippen molar-refractivity contribution >= 4 is 33.8 Å². The number of unbranched alkanes of at least 4 members (excludes halogenated alkanes) is 1. The minimum atomic E-state index is -0.421. The van der Waals surface area contributed by atoms with Gasteiger partial charge in [-0.2, -0.15) is 0 Å². The van der Waals surface area contributed by atoms with Gasteiger partial charge in [-0.05, 0) is 49.4 Å². The molecule has 0 radical (unpaired) electrons. The van der Waals surface area contributed by atoms with E-state index in [9.17, 15) is 9.59 Å². The van der Waals surface area contributed by atoms with Gasteiger partial charge in [0.15, 0.2) is 11.5 Å². The Bertz CT molecular complexity index is 1630. The molecule has 0 saturated carbocycles. The fourth-order valence-electron chi connectivity index (χ4n) is 4.63. The third kappa shape index (κ3) is 4.96. The molecule has 1 amide bonds. The molecule has 0 bridgehead atoms. The van der Waals surface area contributed by atoms with E-state index in [0.717, 1.165) is 5.56 Å².